The fraction of sp³-hybridized carbons (Fsp3) is 0.650. The van der Waals surface area contributed by atoms with E-state index < -0.39 is 0 Å². The van der Waals surface area contributed by atoms with Crippen LogP contribution >= 0.6 is 0 Å². The zero-order valence-electron chi connectivity index (χ0n) is 15.5. The normalized spacial score (nSPS) is 27.2. The molecule has 3 unspecified atom stereocenters. The monoisotopic (exact) mass is 346 g/mol. The first-order valence-corrected chi connectivity index (χ1v) is 9.64. The Hall–Kier alpha value is -1.62. The fourth-order valence-corrected chi connectivity index (χ4v) is 3.82. The van der Waals surface area contributed by atoms with Crippen LogP contribution in [0.3, 0.4) is 0 Å². The molecule has 1 saturated heterocycles. The minimum Gasteiger partial charge on any atom is -0.356 e. The fourth-order valence-electron chi connectivity index (χ4n) is 3.82. The quantitative estimate of drug-likeness (QED) is 0.472. The molecular weight excluding hydrogens is 315 g/mol. The molecule has 1 heterocycles. The van der Waals surface area contributed by atoms with Gasteiger partial charge in [-0.15, -0.1) is 0 Å². The van der Waals surface area contributed by atoms with Gasteiger partial charge in [0.25, 0.3) is 0 Å². The topological polar surface area (TPSA) is 39.7 Å². The van der Waals surface area contributed by atoms with E-state index in [4.69, 9.17) is 0 Å². The summed E-state index contributed by atoms with van der Waals surface area (Å²) in [5, 5.41) is 6.82. The Kier molecular flexibility index (Phi) is 6.29. The first kappa shape index (κ1) is 18.2. The third-order valence-corrected chi connectivity index (χ3v) is 5.50. The van der Waals surface area contributed by atoms with Crippen molar-refractivity contribution in [3.63, 3.8) is 0 Å². The molecule has 0 amide bonds. The number of nitrogens with one attached hydrogen (secondary N) is 2. The molecule has 2 aliphatic rings. The molecule has 1 aliphatic carbocycles. The van der Waals surface area contributed by atoms with E-state index in [0.717, 1.165) is 43.5 Å². The van der Waals surface area contributed by atoms with Crippen LogP contribution < -0.4 is 10.6 Å². The van der Waals surface area contributed by atoms with Gasteiger partial charge in [-0.2, -0.15) is 0 Å². The van der Waals surface area contributed by atoms with E-state index in [1.165, 1.54) is 25.8 Å². The molecule has 1 aromatic rings. The van der Waals surface area contributed by atoms with E-state index in [1.807, 2.05) is 12.1 Å². The smallest absolute Gasteiger partial charge is 0.191 e. The Morgan fingerprint density at radius 1 is 1.32 bits per heavy atom. The summed E-state index contributed by atoms with van der Waals surface area (Å²) < 4.78 is 13.9. The van der Waals surface area contributed by atoms with Crippen LogP contribution in [-0.2, 0) is 0 Å². The SMILES string of the molecule is CN=C(NCCCN1CCCCC1C)NC1CC1c1ccccc1F. The highest BCUT2D eigenvalue weighted by Gasteiger charge is 2.40. The van der Waals surface area contributed by atoms with Crippen molar-refractivity contribution in [3.8, 4) is 0 Å². The second-order valence-electron chi connectivity index (χ2n) is 7.35. The highest BCUT2D eigenvalue weighted by Crippen LogP contribution is 2.41. The van der Waals surface area contributed by atoms with Gasteiger partial charge in [-0.1, -0.05) is 24.6 Å². The summed E-state index contributed by atoms with van der Waals surface area (Å²) in [5.41, 5.74) is 0.814. The second kappa shape index (κ2) is 8.65. The van der Waals surface area contributed by atoms with Gasteiger partial charge in [0.2, 0.25) is 0 Å². The average Bonchev–Trinajstić information content (AvgIpc) is 3.38. The van der Waals surface area contributed by atoms with Gasteiger partial charge in [0.05, 0.1) is 0 Å². The lowest BCUT2D eigenvalue weighted by Gasteiger charge is -2.33. The van der Waals surface area contributed by atoms with Crippen molar-refractivity contribution in [1.29, 1.82) is 0 Å². The number of aliphatic imine (C=N–C) groups is 1. The summed E-state index contributed by atoms with van der Waals surface area (Å²) in [6.45, 7) is 5.63. The molecule has 2 N–H and O–H groups in total. The van der Waals surface area contributed by atoms with Gasteiger partial charge in [-0.25, -0.2) is 4.39 Å². The molecule has 0 aromatic heterocycles. The molecule has 3 rings (SSSR count). The third-order valence-electron chi connectivity index (χ3n) is 5.50. The lowest BCUT2D eigenvalue weighted by molar-refractivity contribution is 0.159. The van der Waals surface area contributed by atoms with Crippen molar-refractivity contribution in [2.24, 2.45) is 4.99 Å². The van der Waals surface area contributed by atoms with E-state index in [9.17, 15) is 4.39 Å². The van der Waals surface area contributed by atoms with Gasteiger partial charge in [-0.05, 0) is 50.8 Å². The van der Waals surface area contributed by atoms with Crippen molar-refractivity contribution >= 4 is 5.96 Å². The van der Waals surface area contributed by atoms with Crippen molar-refractivity contribution < 1.29 is 4.39 Å². The Bertz CT molecular complexity index is 589. The van der Waals surface area contributed by atoms with Gasteiger partial charge in [-0.3, -0.25) is 4.99 Å². The van der Waals surface area contributed by atoms with Crippen LogP contribution in [-0.4, -0.2) is 49.6 Å². The molecule has 1 aromatic carbocycles. The Labute approximate surface area is 150 Å². The van der Waals surface area contributed by atoms with Gasteiger partial charge >= 0.3 is 0 Å². The number of guanidine groups is 1. The lowest BCUT2D eigenvalue weighted by atomic mass is 10.0. The van der Waals surface area contributed by atoms with Crippen LogP contribution in [0.1, 0.15) is 50.5 Å². The Morgan fingerprint density at radius 2 is 2.16 bits per heavy atom. The maximum atomic E-state index is 13.9. The minimum absolute atomic E-state index is 0.101. The largest absolute Gasteiger partial charge is 0.356 e. The molecule has 5 heteroatoms. The second-order valence-corrected chi connectivity index (χ2v) is 7.35. The van der Waals surface area contributed by atoms with Gasteiger partial charge in [0.1, 0.15) is 5.82 Å². The van der Waals surface area contributed by atoms with Crippen LogP contribution in [0.4, 0.5) is 4.39 Å². The van der Waals surface area contributed by atoms with Crippen LogP contribution in [0.2, 0.25) is 0 Å². The molecule has 2 fully saturated rings. The Balaban J connectivity index is 1.37. The van der Waals surface area contributed by atoms with Gasteiger partial charge in [0.15, 0.2) is 5.96 Å². The molecule has 0 radical (unpaired) electrons. The predicted octanol–water partition coefficient (Wildman–Crippen LogP) is 3.11. The molecule has 4 nitrogen and oxygen atoms in total. The van der Waals surface area contributed by atoms with Crippen LogP contribution in [0.25, 0.3) is 0 Å². The van der Waals surface area contributed by atoms with Crippen LogP contribution in [0.5, 0.6) is 0 Å². The number of rotatable bonds is 6. The summed E-state index contributed by atoms with van der Waals surface area (Å²) in [6.07, 6.45) is 6.12. The number of nitrogens with zero attached hydrogens (tertiary/aromatic N) is 2. The van der Waals surface area contributed by atoms with Crippen LogP contribution in [0.15, 0.2) is 29.3 Å². The molecule has 138 valence electrons. The molecule has 1 aliphatic heterocycles. The maximum Gasteiger partial charge on any atom is 0.191 e. The number of benzene rings is 1. The lowest BCUT2D eigenvalue weighted by Crippen LogP contribution is -2.42. The van der Waals surface area contributed by atoms with E-state index >= 15 is 0 Å². The van der Waals surface area contributed by atoms with Crippen LogP contribution in [0, 0.1) is 5.82 Å². The van der Waals surface area contributed by atoms with E-state index in [2.05, 4.69) is 27.4 Å². The van der Waals surface area contributed by atoms with E-state index in [-0.39, 0.29) is 17.8 Å². The van der Waals surface area contributed by atoms with Crippen molar-refractivity contribution in [2.45, 2.75) is 57.0 Å². The first-order chi connectivity index (χ1) is 12.2. The standard InChI is InChI=1S/C20H31FN4/c1-15-8-5-6-12-25(15)13-7-11-23-20(22-2)24-19-14-17(19)16-9-3-4-10-18(16)21/h3-4,9-10,15,17,19H,5-8,11-14H2,1-2H3,(H2,22,23,24). The summed E-state index contributed by atoms with van der Waals surface area (Å²) in [6, 6.07) is 8.08. The molecule has 0 spiro atoms. The number of hydrogen-bond acceptors (Lipinski definition) is 2. The van der Waals surface area contributed by atoms with Gasteiger partial charge < -0.3 is 15.5 Å². The van der Waals surface area contributed by atoms with Crippen molar-refractivity contribution in [3.05, 3.63) is 35.6 Å². The Morgan fingerprint density at radius 3 is 2.92 bits per heavy atom. The molecule has 3 atom stereocenters. The number of hydrogen-bond donors (Lipinski definition) is 2. The summed E-state index contributed by atoms with van der Waals surface area (Å²) in [5.74, 6) is 0.986. The number of piperidine rings is 1. The minimum atomic E-state index is -0.101. The summed E-state index contributed by atoms with van der Waals surface area (Å²) >= 11 is 0. The predicted molar refractivity (Wildman–Crippen MR) is 102 cm³/mol. The number of likely N-dealkylation sites (tertiary alicyclic amines) is 1. The highest BCUT2D eigenvalue weighted by molar-refractivity contribution is 5.80. The maximum absolute atomic E-state index is 13.9. The molecule has 0 bridgehead atoms. The van der Waals surface area contributed by atoms with Gasteiger partial charge in [0, 0.05) is 38.1 Å². The molecular formula is C20H31FN4. The first-order valence-electron chi connectivity index (χ1n) is 9.64. The highest BCUT2D eigenvalue weighted by atomic mass is 19.1. The zero-order chi connectivity index (χ0) is 17.6. The molecule has 1 saturated carbocycles. The average molecular weight is 346 g/mol. The molecule has 25 heavy (non-hydrogen) atoms. The van der Waals surface area contributed by atoms with E-state index in [0.29, 0.717) is 0 Å². The summed E-state index contributed by atoms with van der Waals surface area (Å²) in [4.78, 5) is 6.90. The van der Waals surface area contributed by atoms with Crippen molar-refractivity contribution in [2.75, 3.05) is 26.7 Å². The van der Waals surface area contributed by atoms with E-state index in [1.54, 1.807) is 19.2 Å². The van der Waals surface area contributed by atoms with Crippen molar-refractivity contribution in [1.82, 2.24) is 15.5 Å². The number of halogens is 1. The zero-order valence-corrected chi connectivity index (χ0v) is 15.5. The third kappa shape index (κ3) is 4.94. The summed E-state index contributed by atoms with van der Waals surface area (Å²) in [7, 11) is 1.79.